The summed E-state index contributed by atoms with van der Waals surface area (Å²) in [6, 6.07) is 0. The van der Waals surface area contributed by atoms with Gasteiger partial charge in [-0.2, -0.15) is 0 Å². The van der Waals surface area contributed by atoms with Gasteiger partial charge in [0.05, 0.1) is 6.67 Å². The Morgan fingerprint density at radius 1 is 0.947 bits per heavy atom. The standard InChI is InChI=1S/C16H37N3/c1-9-18(14-17(7)8)10-11-19(12-15(2)3)13-16(4,5)6/h15H,9-14H2,1-8H3. The molecule has 0 aliphatic heterocycles. The molecule has 0 saturated carbocycles. The zero-order chi connectivity index (χ0) is 15.1. The van der Waals surface area contributed by atoms with Crippen LogP contribution >= 0.6 is 0 Å². The van der Waals surface area contributed by atoms with Gasteiger partial charge in [0.25, 0.3) is 0 Å². The first-order chi connectivity index (χ1) is 8.64. The first-order valence-corrected chi connectivity index (χ1v) is 7.73. The summed E-state index contributed by atoms with van der Waals surface area (Å²) in [5.41, 5.74) is 0.382. The van der Waals surface area contributed by atoms with Gasteiger partial charge >= 0.3 is 0 Å². The summed E-state index contributed by atoms with van der Waals surface area (Å²) in [4.78, 5) is 7.39. The number of rotatable bonds is 9. The Morgan fingerprint density at radius 2 is 1.47 bits per heavy atom. The zero-order valence-electron chi connectivity index (χ0n) is 14.7. The van der Waals surface area contributed by atoms with E-state index in [1.807, 2.05) is 0 Å². The molecule has 19 heavy (non-hydrogen) atoms. The maximum atomic E-state index is 2.63. The van der Waals surface area contributed by atoms with Crippen molar-refractivity contribution in [2.75, 3.05) is 53.5 Å². The number of nitrogens with zero attached hydrogens (tertiary/aromatic N) is 3. The van der Waals surface area contributed by atoms with E-state index in [0.29, 0.717) is 5.41 Å². The number of hydrogen-bond donors (Lipinski definition) is 0. The van der Waals surface area contributed by atoms with Crippen LogP contribution in [0, 0.1) is 11.3 Å². The minimum atomic E-state index is 0.382. The van der Waals surface area contributed by atoms with Crippen molar-refractivity contribution in [3.05, 3.63) is 0 Å². The fourth-order valence-electron chi connectivity index (χ4n) is 2.43. The van der Waals surface area contributed by atoms with Crippen LogP contribution in [0.2, 0.25) is 0 Å². The first-order valence-electron chi connectivity index (χ1n) is 7.73. The summed E-state index contributed by atoms with van der Waals surface area (Å²) >= 11 is 0. The lowest BCUT2D eigenvalue weighted by atomic mass is 9.95. The molecule has 0 spiro atoms. The van der Waals surface area contributed by atoms with Crippen LogP contribution in [0.5, 0.6) is 0 Å². The van der Waals surface area contributed by atoms with E-state index in [1.54, 1.807) is 0 Å². The molecule has 0 heterocycles. The molecule has 0 fully saturated rings. The molecule has 0 aromatic heterocycles. The fraction of sp³-hybridized carbons (Fsp3) is 1.00. The van der Waals surface area contributed by atoms with Crippen LogP contribution in [-0.2, 0) is 0 Å². The first kappa shape index (κ1) is 18.9. The second-order valence-corrected chi connectivity index (χ2v) is 7.62. The second-order valence-electron chi connectivity index (χ2n) is 7.62. The maximum Gasteiger partial charge on any atom is 0.0501 e. The van der Waals surface area contributed by atoms with Gasteiger partial charge in [0, 0.05) is 26.2 Å². The molecule has 0 aromatic carbocycles. The van der Waals surface area contributed by atoms with Crippen molar-refractivity contribution in [3.63, 3.8) is 0 Å². The van der Waals surface area contributed by atoms with Crippen LogP contribution in [0.4, 0.5) is 0 Å². The topological polar surface area (TPSA) is 9.72 Å². The van der Waals surface area contributed by atoms with Crippen molar-refractivity contribution < 1.29 is 0 Å². The molecule has 3 heteroatoms. The molecule has 0 N–H and O–H groups in total. The molecular weight excluding hydrogens is 234 g/mol. The molecule has 0 rings (SSSR count). The van der Waals surface area contributed by atoms with Crippen LogP contribution < -0.4 is 0 Å². The summed E-state index contributed by atoms with van der Waals surface area (Å²) in [5.74, 6) is 0.742. The van der Waals surface area contributed by atoms with E-state index in [0.717, 1.165) is 25.7 Å². The monoisotopic (exact) mass is 271 g/mol. The Hall–Kier alpha value is -0.120. The average Bonchev–Trinajstić information content (AvgIpc) is 2.20. The lowest BCUT2D eigenvalue weighted by Gasteiger charge is -2.33. The normalized spacial score (nSPS) is 13.3. The molecule has 0 amide bonds. The predicted octanol–water partition coefficient (Wildman–Crippen LogP) is 2.83. The highest BCUT2D eigenvalue weighted by molar-refractivity contribution is 4.71. The van der Waals surface area contributed by atoms with E-state index in [4.69, 9.17) is 0 Å². The summed E-state index contributed by atoms with van der Waals surface area (Å²) in [7, 11) is 4.29. The van der Waals surface area contributed by atoms with Crippen molar-refractivity contribution >= 4 is 0 Å². The lowest BCUT2D eigenvalue weighted by Crippen LogP contribution is -2.43. The molecule has 116 valence electrons. The van der Waals surface area contributed by atoms with Gasteiger partial charge in [0.2, 0.25) is 0 Å². The minimum Gasteiger partial charge on any atom is -0.301 e. The van der Waals surface area contributed by atoms with Crippen molar-refractivity contribution in [2.45, 2.75) is 41.5 Å². The number of likely N-dealkylation sites (N-methyl/N-ethyl adjacent to an activating group) is 1. The largest absolute Gasteiger partial charge is 0.301 e. The summed E-state index contributed by atoms with van der Waals surface area (Å²) in [6.45, 7) is 20.8. The van der Waals surface area contributed by atoms with E-state index in [9.17, 15) is 0 Å². The molecule has 0 radical (unpaired) electrons. The highest BCUT2D eigenvalue weighted by Crippen LogP contribution is 2.16. The summed E-state index contributed by atoms with van der Waals surface area (Å²) in [5, 5.41) is 0. The van der Waals surface area contributed by atoms with Gasteiger partial charge in [-0.15, -0.1) is 0 Å². The van der Waals surface area contributed by atoms with Gasteiger partial charge in [-0.25, -0.2) is 0 Å². The maximum absolute atomic E-state index is 2.63. The summed E-state index contributed by atoms with van der Waals surface area (Å²) in [6.07, 6.45) is 0. The number of hydrogen-bond acceptors (Lipinski definition) is 3. The Balaban J connectivity index is 4.30. The fourth-order valence-corrected chi connectivity index (χ4v) is 2.43. The molecule has 0 bridgehead atoms. The quantitative estimate of drug-likeness (QED) is 0.597. The lowest BCUT2D eigenvalue weighted by molar-refractivity contribution is 0.126. The van der Waals surface area contributed by atoms with Crippen molar-refractivity contribution in [3.8, 4) is 0 Å². The molecule has 0 saturated heterocycles. The highest BCUT2D eigenvalue weighted by Gasteiger charge is 2.17. The van der Waals surface area contributed by atoms with E-state index >= 15 is 0 Å². The van der Waals surface area contributed by atoms with Crippen LogP contribution in [-0.4, -0.2) is 68.2 Å². The van der Waals surface area contributed by atoms with Gasteiger partial charge in [-0.1, -0.05) is 41.5 Å². The third kappa shape index (κ3) is 11.4. The van der Waals surface area contributed by atoms with Crippen molar-refractivity contribution in [2.24, 2.45) is 11.3 Å². The molecule has 0 aromatic rings. The third-order valence-corrected chi connectivity index (χ3v) is 2.98. The highest BCUT2D eigenvalue weighted by atomic mass is 15.3. The second kappa shape index (κ2) is 8.93. The Bertz CT molecular complexity index is 219. The molecular formula is C16H37N3. The Labute approximate surface area is 121 Å². The van der Waals surface area contributed by atoms with Crippen molar-refractivity contribution in [1.29, 1.82) is 0 Å². The molecule has 0 aliphatic carbocycles. The van der Waals surface area contributed by atoms with Crippen LogP contribution in [0.15, 0.2) is 0 Å². The molecule has 0 atom stereocenters. The van der Waals surface area contributed by atoms with Gasteiger partial charge in [0.15, 0.2) is 0 Å². The van der Waals surface area contributed by atoms with E-state index in [1.165, 1.54) is 19.6 Å². The minimum absolute atomic E-state index is 0.382. The molecule has 3 nitrogen and oxygen atoms in total. The van der Waals surface area contributed by atoms with Crippen LogP contribution in [0.3, 0.4) is 0 Å². The smallest absolute Gasteiger partial charge is 0.0501 e. The van der Waals surface area contributed by atoms with E-state index in [2.05, 4.69) is 70.3 Å². The Morgan fingerprint density at radius 3 is 1.84 bits per heavy atom. The third-order valence-electron chi connectivity index (χ3n) is 2.98. The van der Waals surface area contributed by atoms with Gasteiger partial charge in [-0.3, -0.25) is 9.80 Å². The predicted molar refractivity (Wildman–Crippen MR) is 86.5 cm³/mol. The zero-order valence-corrected chi connectivity index (χ0v) is 14.7. The SMILES string of the molecule is CCN(CCN(CC(C)C)CC(C)(C)C)CN(C)C. The average molecular weight is 271 g/mol. The Kier molecular flexibility index (Phi) is 8.88. The van der Waals surface area contributed by atoms with Crippen LogP contribution in [0.1, 0.15) is 41.5 Å². The van der Waals surface area contributed by atoms with Gasteiger partial charge in [-0.05, 0) is 32.0 Å². The molecule has 0 aliphatic rings. The van der Waals surface area contributed by atoms with Crippen molar-refractivity contribution in [1.82, 2.24) is 14.7 Å². The van der Waals surface area contributed by atoms with E-state index < -0.39 is 0 Å². The van der Waals surface area contributed by atoms with Crippen LogP contribution in [0.25, 0.3) is 0 Å². The molecule has 0 unspecified atom stereocenters. The van der Waals surface area contributed by atoms with E-state index in [-0.39, 0.29) is 0 Å². The van der Waals surface area contributed by atoms with Gasteiger partial charge in [0.1, 0.15) is 0 Å². The summed E-state index contributed by atoms with van der Waals surface area (Å²) < 4.78 is 0. The van der Waals surface area contributed by atoms with Gasteiger partial charge < -0.3 is 4.90 Å².